The number of allylic oxidation sites excluding steroid dienone is 1. The summed E-state index contributed by atoms with van der Waals surface area (Å²) >= 11 is 0. The van der Waals surface area contributed by atoms with E-state index in [1.54, 1.807) is 36.4 Å². The monoisotopic (exact) mass is 418 g/mol. The molecule has 0 unspecified atom stereocenters. The highest BCUT2D eigenvalue weighted by atomic mass is 19.4. The van der Waals surface area contributed by atoms with Crippen molar-refractivity contribution in [3.8, 4) is 22.3 Å². The lowest BCUT2D eigenvalue weighted by Crippen LogP contribution is -2.11. The van der Waals surface area contributed by atoms with Crippen molar-refractivity contribution in [2.75, 3.05) is 0 Å². The van der Waals surface area contributed by atoms with Gasteiger partial charge in [-0.15, -0.1) is 0 Å². The molecule has 0 radical (unpaired) electrons. The van der Waals surface area contributed by atoms with E-state index in [0.717, 1.165) is 28.8 Å². The Morgan fingerprint density at radius 1 is 0.700 bits per heavy atom. The second-order valence-corrected chi connectivity index (χ2v) is 7.39. The normalized spacial score (nSPS) is 13.9. The molecule has 0 amide bonds. The van der Waals surface area contributed by atoms with Gasteiger partial charge in [-0.25, -0.2) is 0 Å². The van der Waals surface area contributed by atoms with Crippen LogP contribution in [0.3, 0.4) is 0 Å². The van der Waals surface area contributed by atoms with Crippen molar-refractivity contribution in [1.29, 1.82) is 0 Å². The molecule has 1 aliphatic carbocycles. The summed E-state index contributed by atoms with van der Waals surface area (Å²) in [5.74, 6) is 0. The molecule has 0 saturated heterocycles. The van der Waals surface area contributed by atoms with Crippen LogP contribution >= 0.6 is 0 Å². The van der Waals surface area contributed by atoms with Crippen LogP contribution in [-0.2, 0) is 18.8 Å². The Morgan fingerprint density at radius 3 is 1.87 bits per heavy atom. The SMILES string of the molecule is CC1=Cc2c(ccc(-c3ccccc3)c2-c2cc(C(F)(F)F)cc(C(F)(F)F)c2)C1. The Hall–Kier alpha value is -3.02. The molecule has 0 N–H and O–H groups in total. The Labute approximate surface area is 169 Å². The molecule has 6 heteroatoms. The fourth-order valence-corrected chi connectivity index (χ4v) is 3.85. The van der Waals surface area contributed by atoms with Crippen molar-refractivity contribution >= 4 is 6.08 Å². The zero-order valence-corrected chi connectivity index (χ0v) is 15.8. The van der Waals surface area contributed by atoms with E-state index in [1.807, 2.05) is 19.1 Å². The highest BCUT2D eigenvalue weighted by Gasteiger charge is 2.37. The smallest absolute Gasteiger partial charge is 0.166 e. The predicted molar refractivity (Wildman–Crippen MR) is 105 cm³/mol. The van der Waals surface area contributed by atoms with Crippen molar-refractivity contribution in [2.24, 2.45) is 0 Å². The van der Waals surface area contributed by atoms with Crippen molar-refractivity contribution in [1.82, 2.24) is 0 Å². The molecule has 0 aliphatic heterocycles. The molecule has 0 nitrogen and oxygen atoms in total. The molecule has 0 fully saturated rings. The number of rotatable bonds is 2. The molecule has 3 aromatic carbocycles. The average molecular weight is 418 g/mol. The first-order valence-electron chi connectivity index (χ1n) is 9.22. The molecular weight excluding hydrogens is 402 g/mol. The molecular formula is C24H16F6. The topological polar surface area (TPSA) is 0 Å². The third kappa shape index (κ3) is 3.74. The standard InChI is InChI=1S/C24H16F6/c1-14-9-16-7-8-20(15-5-3-2-4-6-15)22(21(16)10-14)17-11-18(23(25,26)27)13-19(12-17)24(28,29)30/h2-8,10-13H,9H2,1H3. The van der Waals surface area contributed by atoms with E-state index in [1.165, 1.54) is 0 Å². The maximum absolute atomic E-state index is 13.4. The molecule has 0 atom stereocenters. The average Bonchev–Trinajstić information content (AvgIpc) is 3.06. The summed E-state index contributed by atoms with van der Waals surface area (Å²) in [5, 5.41) is 0. The highest BCUT2D eigenvalue weighted by Crippen LogP contribution is 2.44. The van der Waals surface area contributed by atoms with E-state index in [-0.39, 0.29) is 11.6 Å². The Morgan fingerprint density at radius 2 is 1.30 bits per heavy atom. The minimum Gasteiger partial charge on any atom is -0.166 e. The molecule has 0 bridgehead atoms. The first-order chi connectivity index (χ1) is 14.0. The van der Waals surface area contributed by atoms with Gasteiger partial charge >= 0.3 is 12.4 Å². The summed E-state index contributed by atoms with van der Waals surface area (Å²) < 4.78 is 80.6. The second-order valence-electron chi connectivity index (χ2n) is 7.39. The minimum absolute atomic E-state index is 0.0983. The maximum atomic E-state index is 13.4. The number of fused-ring (bicyclic) bond motifs is 1. The van der Waals surface area contributed by atoms with E-state index in [2.05, 4.69) is 0 Å². The molecule has 0 heterocycles. The lowest BCUT2D eigenvalue weighted by Gasteiger charge is -2.19. The Balaban J connectivity index is 2.07. The maximum Gasteiger partial charge on any atom is 0.416 e. The van der Waals surface area contributed by atoms with Gasteiger partial charge in [-0.05, 0) is 64.9 Å². The van der Waals surface area contributed by atoms with Crippen LogP contribution in [-0.4, -0.2) is 0 Å². The number of hydrogen-bond donors (Lipinski definition) is 0. The van der Waals surface area contributed by atoms with Gasteiger partial charge < -0.3 is 0 Å². The van der Waals surface area contributed by atoms with E-state index in [0.29, 0.717) is 23.1 Å². The first kappa shape index (κ1) is 20.3. The summed E-state index contributed by atoms with van der Waals surface area (Å²) in [6.45, 7) is 1.89. The number of benzene rings is 3. The van der Waals surface area contributed by atoms with E-state index >= 15 is 0 Å². The molecule has 4 rings (SSSR count). The van der Waals surface area contributed by atoms with Gasteiger partial charge in [0, 0.05) is 0 Å². The fourth-order valence-electron chi connectivity index (χ4n) is 3.85. The summed E-state index contributed by atoms with van der Waals surface area (Å²) in [7, 11) is 0. The molecule has 0 aromatic heterocycles. The van der Waals surface area contributed by atoms with Crippen LogP contribution in [0.5, 0.6) is 0 Å². The summed E-state index contributed by atoms with van der Waals surface area (Å²) in [5.41, 5.74) is 1.51. The van der Waals surface area contributed by atoms with Gasteiger partial charge in [-0.2, -0.15) is 26.3 Å². The Bertz CT molecular complexity index is 1100. The third-order valence-electron chi connectivity index (χ3n) is 5.16. The van der Waals surface area contributed by atoms with E-state index in [9.17, 15) is 26.3 Å². The quantitative estimate of drug-likeness (QED) is 0.370. The van der Waals surface area contributed by atoms with Crippen molar-refractivity contribution < 1.29 is 26.3 Å². The van der Waals surface area contributed by atoms with Gasteiger partial charge in [0.2, 0.25) is 0 Å². The summed E-state index contributed by atoms with van der Waals surface area (Å²) in [4.78, 5) is 0. The van der Waals surface area contributed by atoms with Crippen molar-refractivity contribution in [3.63, 3.8) is 0 Å². The summed E-state index contributed by atoms with van der Waals surface area (Å²) in [6, 6.07) is 14.3. The van der Waals surface area contributed by atoms with Crippen LogP contribution in [0.15, 0.2) is 66.2 Å². The fraction of sp³-hybridized carbons (Fsp3) is 0.167. The third-order valence-corrected chi connectivity index (χ3v) is 5.16. The van der Waals surface area contributed by atoms with Crippen LogP contribution in [0.25, 0.3) is 28.3 Å². The molecule has 0 saturated carbocycles. The number of halogens is 6. The van der Waals surface area contributed by atoms with E-state index < -0.39 is 23.5 Å². The zero-order valence-electron chi connectivity index (χ0n) is 15.8. The van der Waals surface area contributed by atoms with E-state index in [4.69, 9.17) is 0 Å². The predicted octanol–water partition coefficient (Wildman–Crippen LogP) is 8.02. The van der Waals surface area contributed by atoms with Crippen molar-refractivity contribution in [3.05, 3.63) is 88.5 Å². The molecule has 0 spiro atoms. The van der Waals surface area contributed by atoms with Gasteiger partial charge in [-0.3, -0.25) is 0 Å². The summed E-state index contributed by atoms with van der Waals surface area (Å²) in [6.07, 6.45) is -7.34. The van der Waals surface area contributed by atoms with Gasteiger partial charge in [0.05, 0.1) is 11.1 Å². The lowest BCUT2D eigenvalue weighted by molar-refractivity contribution is -0.143. The molecule has 1 aliphatic rings. The zero-order chi connectivity index (χ0) is 21.7. The highest BCUT2D eigenvalue weighted by molar-refractivity contribution is 5.92. The van der Waals surface area contributed by atoms with Crippen LogP contribution in [0, 0.1) is 0 Å². The molecule has 3 aromatic rings. The van der Waals surface area contributed by atoms with Crippen molar-refractivity contribution in [2.45, 2.75) is 25.7 Å². The van der Waals surface area contributed by atoms with Gasteiger partial charge in [0.25, 0.3) is 0 Å². The van der Waals surface area contributed by atoms with Gasteiger partial charge in [0.15, 0.2) is 0 Å². The first-order valence-corrected chi connectivity index (χ1v) is 9.22. The second kappa shape index (κ2) is 7.04. The Kier molecular flexibility index (Phi) is 4.76. The van der Waals surface area contributed by atoms with Gasteiger partial charge in [0.1, 0.15) is 0 Å². The van der Waals surface area contributed by atoms with Crippen LogP contribution in [0.1, 0.15) is 29.2 Å². The van der Waals surface area contributed by atoms with Crippen LogP contribution in [0.2, 0.25) is 0 Å². The van der Waals surface area contributed by atoms with Gasteiger partial charge in [-0.1, -0.05) is 54.1 Å². The lowest BCUT2D eigenvalue weighted by atomic mass is 9.87. The van der Waals surface area contributed by atoms with Crippen LogP contribution < -0.4 is 0 Å². The largest absolute Gasteiger partial charge is 0.416 e. The molecule has 154 valence electrons. The minimum atomic E-state index is -4.90. The number of hydrogen-bond acceptors (Lipinski definition) is 0. The number of alkyl halides is 6. The van der Waals surface area contributed by atoms with Crippen LogP contribution in [0.4, 0.5) is 26.3 Å². The molecule has 30 heavy (non-hydrogen) atoms.